The summed E-state index contributed by atoms with van der Waals surface area (Å²) in [4.78, 5) is 25.4. The maximum atomic E-state index is 13.0. The predicted molar refractivity (Wildman–Crippen MR) is 121 cm³/mol. The first-order valence-electron chi connectivity index (χ1n) is 9.61. The first-order valence-corrected chi connectivity index (χ1v) is 10.4. The standard InChI is InChI=1S/C23H22BrN3O2/c1-15-6-3-7-18(16(15)2)25-22(28)9-5-13-27-21-14-17(24)10-11-19(21)26-12-4-8-20(26)23(27)29/h3-4,6-8,10-12,14H,5,9,13H2,1-2H3,(H,25,28). The molecule has 4 aromatic rings. The second-order valence-electron chi connectivity index (χ2n) is 7.25. The number of benzene rings is 2. The second kappa shape index (κ2) is 7.87. The predicted octanol–water partition coefficient (Wildman–Crippen LogP) is 5.05. The Labute approximate surface area is 177 Å². The number of rotatable bonds is 5. The minimum Gasteiger partial charge on any atom is -0.326 e. The molecule has 0 saturated carbocycles. The van der Waals surface area contributed by atoms with Crippen LogP contribution in [0.5, 0.6) is 0 Å². The summed E-state index contributed by atoms with van der Waals surface area (Å²) in [6.07, 6.45) is 2.82. The summed E-state index contributed by atoms with van der Waals surface area (Å²) in [7, 11) is 0. The molecule has 1 amide bonds. The number of amides is 1. The molecule has 0 spiro atoms. The molecule has 29 heavy (non-hydrogen) atoms. The van der Waals surface area contributed by atoms with Crippen LogP contribution >= 0.6 is 15.9 Å². The van der Waals surface area contributed by atoms with Crippen LogP contribution in [0.15, 0.2) is 64.0 Å². The summed E-state index contributed by atoms with van der Waals surface area (Å²) in [6.45, 7) is 4.51. The molecule has 2 aromatic carbocycles. The third kappa shape index (κ3) is 3.72. The quantitative estimate of drug-likeness (QED) is 0.461. The fraction of sp³-hybridized carbons (Fsp3) is 0.217. The molecular formula is C23H22BrN3O2. The first-order chi connectivity index (χ1) is 14.0. The van der Waals surface area contributed by atoms with E-state index in [2.05, 4.69) is 21.2 Å². The number of aryl methyl sites for hydroxylation is 2. The van der Waals surface area contributed by atoms with Gasteiger partial charge in [-0.05, 0) is 67.8 Å². The average molecular weight is 452 g/mol. The number of nitrogens with one attached hydrogen (secondary N) is 1. The molecule has 0 aliphatic carbocycles. The molecule has 0 aliphatic heterocycles. The highest BCUT2D eigenvalue weighted by molar-refractivity contribution is 9.10. The minimum absolute atomic E-state index is 0.0407. The number of hydrogen-bond acceptors (Lipinski definition) is 2. The van der Waals surface area contributed by atoms with Crippen molar-refractivity contribution < 1.29 is 4.79 Å². The summed E-state index contributed by atoms with van der Waals surface area (Å²) in [5.74, 6) is -0.0407. The fourth-order valence-electron chi connectivity index (χ4n) is 3.65. The van der Waals surface area contributed by atoms with Crippen LogP contribution in [0.4, 0.5) is 5.69 Å². The van der Waals surface area contributed by atoms with Crippen LogP contribution in [0.25, 0.3) is 16.6 Å². The minimum atomic E-state index is -0.0458. The highest BCUT2D eigenvalue weighted by Crippen LogP contribution is 2.21. The van der Waals surface area contributed by atoms with Gasteiger partial charge in [0.1, 0.15) is 5.52 Å². The zero-order valence-corrected chi connectivity index (χ0v) is 18.0. The lowest BCUT2D eigenvalue weighted by Gasteiger charge is -2.14. The SMILES string of the molecule is Cc1cccc(NC(=O)CCCn2c(=O)c3cccn3c3ccc(Br)cc32)c1C. The molecule has 0 aliphatic rings. The van der Waals surface area contributed by atoms with Gasteiger partial charge in [0.25, 0.3) is 5.56 Å². The van der Waals surface area contributed by atoms with Crippen LogP contribution in [0.3, 0.4) is 0 Å². The molecule has 0 saturated heterocycles. The maximum absolute atomic E-state index is 13.0. The van der Waals surface area contributed by atoms with Crippen molar-refractivity contribution in [1.29, 1.82) is 0 Å². The summed E-state index contributed by atoms with van der Waals surface area (Å²) in [5.41, 5.74) is 5.47. The van der Waals surface area contributed by atoms with Crippen molar-refractivity contribution in [2.45, 2.75) is 33.2 Å². The number of carbonyl (C=O) groups is 1. The van der Waals surface area contributed by atoms with Gasteiger partial charge < -0.3 is 14.3 Å². The van der Waals surface area contributed by atoms with E-state index in [1.54, 1.807) is 4.57 Å². The molecule has 0 radical (unpaired) electrons. The molecule has 2 aromatic heterocycles. The van der Waals surface area contributed by atoms with Crippen LogP contribution in [0.2, 0.25) is 0 Å². The van der Waals surface area contributed by atoms with Crippen molar-refractivity contribution in [3.8, 4) is 0 Å². The summed E-state index contributed by atoms with van der Waals surface area (Å²) in [6, 6.07) is 15.5. The van der Waals surface area contributed by atoms with Gasteiger partial charge in [-0.2, -0.15) is 0 Å². The maximum Gasteiger partial charge on any atom is 0.275 e. The highest BCUT2D eigenvalue weighted by atomic mass is 79.9. The van der Waals surface area contributed by atoms with E-state index in [1.807, 2.05) is 73.0 Å². The topological polar surface area (TPSA) is 55.5 Å². The van der Waals surface area contributed by atoms with E-state index >= 15 is 0 Å². The van der Waals surface area contributed by atoms with Crippen molar-refractivity contribution in [2.75, 3.05) is 5.32 Å². The molecular weight excluding hydrogens is 430 g/mol. The van der Waals surface area contributed by atoms with Gasteiger partial charge in [-0.1, -0.05) is 28.1 Å². The number of hydrogen-bond donors (Lipinski definition) is 1. The number of nitrogens with zero attached hydrogens (tertiary/aromatic N) is 2. The molecule has 5 nitrogen and oxygen atoms in total. The lowest BCUT2D eigenvalue weighted by atomic mass is 10.1. The van der Waals surface area contributed by atoms with Crippen LogP contribution < -0.4 is 10.9 Å². The molecule has 0 atom stereocenters. The number of aromatic nitrogens is 2. The zero-order chi connectivity index (χ0) is 20.5. The average Bonchev–Trinajstić information content (AvgIpc) is 3.18. The third-order valence-corrected chi connectivity index (χ3v) is 5.86. The van der Waals surface area contributed by atoms with E-state index in [4.69, 9.17) is 0 Å². The molecule has 0 fully saturated rings. The molecule has 2 heterocycles. The van der Waals surface area contributed by atoms with E-state index in [0.29, 0.717) is 24.9 Å². The third-order valence-electron chi connectivity index (χ3n) is 5.37. The van der Waals surface area contributed by atoms with Gasteiger partial charge in [0.05, 0.1) is 11.0 Å². The van der Waals surface area contributed by atoms with E-state index in [1.165, 1.54) is 0 Å². The molecule has 1 N–H and O–H groups in total. The molecule has 6 heteroatoms. The Morgan fingerprint density at radius 2 is 1.86 bits per heavy atom. The lowest BCUT2D eigenvalue weighted by molar-refractivity contribution is -0.116. The van der Waals surface area contributed by atoms with E-state index in [-0.39, 0.29) is 11.5 Å². The van der Waals surface area contributed by atoms with Gasteiger partial charge in [0.15, 0.2) is 0 Å². The van der Waals surface area contributed by atoms with Crippen molar-refractivity contribution in [3.05, 3.63) is 80.7 Å². The molecule has 148 valence electrons. The van der Waals surface area contributed by atoms with E-state index in [0.717, 1.165) is 32.3 Å². The summed E-state index contributed by atoms with van der Waals surface area (Å²) in [5, 5.41) is 2.99. The first kappa shape index (κ1) is 19.5. The second-order valence-corrected chi connectivity index (χ2v) is 8.17. The Hall–Kier alpha value is -2.86. The van der Waals surface area contributed by atoms with Gasteiger partial charge in [-0.15, -0.1) is 0 Å². The monoisotopic (exact) mass is 451 g/mol. The number of carbonyl (C=O) groups excluding carboxylic acids is 1. The van der Waals surface area contributed by atoms with Crippen molar-refractivity contribution in [3.63, 3.8) is 0 Å². The van der Waals surface area contributed by atoms with Crippen molar-refractivity contribution in [2.24, 2.45) is 0 Å². The van der Waals surface area contributed by atoms with Gasteiger partial charge in [0, 0.05) is 29.3 Å². The van der Waals surface area contributed by atoms with Crippen LogP contribution in [-0.2, 0) is 11.3 Å². The highest BCUT2D eigenvalue weighted by Gasteiger charge is 2.12. The summed E-state index contributed by atoms with van der Waals surface area (Å²) < 4.78 is 4.59. The normalized spacial score (nSPS) is 11.3. The van der Waals surface area contributed by atoms with E-state index < -0.39 is 0 Å². The number of anilines is 1. The Morgan fingerprint density at radius 3 is 2.69 bits per heavy atom. The Balaban J connectivity index is 1.55. The molecule has 0 bridgehead atoms. The van der Waals surface area contributed by atoms with Crippen LogP contribution in [0, 0.1) is 13.8 Å². The Morgan fingerprint density at radius 1 is 1.03 bits per heavy atom. The van der Waals surface area contributed by atoms with Gasteiger partial charge >= 0.3 is 0 Å². The zero-order valence-electron chi connectivity index (χ0n) is 16.4. The fourth-order valence-corrected chi connectivity index (χ4v) is 4.00. The van der Waals surface area contributed by atoms with Gasteiger partial charge in [0.2, 0.25) is 5.91 Å². The Kier molecular flexibility index (Phi) is 5.28. The Bertz CT molecular complexity index is 1290. The molecule has 4 rings (SSSR count). The summed E-state index contributed by atoms with van der Waals surface area (Å²) >= 11 is 3.50. The van der Waals surface area contributed by atoms with Crippen LogP contribution in [-0.4, -0.2) is 14.9 Å². The van der Waals surface area contributed by atoms with E-state index in [9.17, 15) is 9.59 Å². The number of fused-ring (bicyclic) bond motifs is 3. The van der Waals surface area contributed by atoms with Gasteiger partial charge in [-0.25, -0.2) is 0 Å². The smallest absolute Gasteiger partial charge is 0.275 e. The van der Waals surface area contributed by atoms with Crippen molar-refractivity contribution in [1.82, 2.24) is 8.97 Å². The lowest BCUT2D eigenvalue weighted by Crippen LogP contribution is -2.23. The molecule has 0 unspecified atom stereocenters. The van der Waals surface area contributed by atoms with Crippen molar-refractivity contribution >= 4 is 44.1 Å². The van der Waals surface area contributed by atoms with Crippen LogP contribution in [0.1, 0.15) is 24.0 Å². The van der Waals surface area contributed by atoms with Gasteiger partial charge in [-0.3, -0.25) is 9.59 Å². The number of halogens is 1. The largest absolute Gasteiger partial charge is 0.326 e.